The molecule has 0 radical (unpaired) electrons. The number of aliphatic carboxylic acids is 1. The predicted molar refractivity (Wildman–Crippen MR) is 52.5 cm³/mol. The maximum Gasteiger partial charge on any atom is 0.328 e. The Labute approximate surface area is 83.5 Å². The van der Waals surface area contributed by atoms with Crippen molar-refractivity contribution in [3.05, 3.63) is 34.3 Å². The Morgan fingerprint density at radius 3 is 2.69 bits per heavy atom. The van der Waals surface area contributed by atoms with Gasteiger partial charge in [-0.15, -0.1) is 0 Å². The Bertz CT molecular complexity index is 358. The van der Waals surface area contributed by atoms with E-state index in [1.54, 1.807) is 6.07 Å². The van der Waals surface area contributed by atoms with E-state index in [1.165, 1.54) is 18.2 Å². The minimum atomic E-state index is -1.00. The molecule has 1 aromatic carbocycles. The molecule has 0 fully saturated rings. The van der Waals surface area contributed by atoms with Crippen LogP contribution in [0.5, 0.6) is 5.75 Å². The minimum Gasteiger partial charge on any atom is -0.508 e. The number of benzene rings is 1. The second-order valence-electron chi connectivity index (χ2n) is 2.38. The number of carboxylic acids is 1. The first-order chi connectivity index (χ1) is 6.09. The first-order valence-electron chi connectivity index (χ1n) is 3.49. The number of aromatic hydroxyl groups is 1. The highest BCUT2D eigenvalue weighted by Crippen LogP contribution is 2.22. The first-order valence-corrected chi connectivity index (χ1v) is 4.28. The Morgan fingerprint density at radius 1 is 1.46 bits per heavy atom. The van der Waals surface area contributed by atoms with Crippen LogP contribution in [-0.4, -0.2) is 16.2 Å². The van der Waals surface area contributed by atoms with Gasteiger partial charge in [0, 0.05) is 10.5 Å². The van der Waals surface area contributed by atoms with Gasteiger partial charge in [-0.2, -0.15) is 0 Å². The molecule has 0 saturated carbocycles. The normalized spacial score (nSPS) is 10.5. The van der Waals surface area contributed by atoms with Crippen molar-refractivity contribution >= 4 is 28.0 Å². The Hall–Kier alpha value is -1.29. The molecule has 0 amide bonds. The number of phenols is 1. The van der Waals surface area contributed by atoms with Gasteiger partial charge in [0.2, 0.25) is 0 Å². The molecule has 0 atom stereocenters. The third kappa shape index (κ3) is 2.91. The third-order valence-corrected chi connectivity index (χ3v) is 2.08. The molecular weight excluding hydrogens is 236 g/mol. The van der Waals surface area contributed by atoms with E-state index in [4.69, 9.17) is 10.2 Å². The van der Waals surface area contributed by atoms with Gasteiger partial charge in [-0.3, -0.25) is 0 Å². The van der Waals surface area contributed by atoms with E-state index in [9.17, 15) is 4.79 Å². The van der Waals surface area contributed by atoms with E-state index in [2.05, 4.69) is 15.9 Å². The number of halogens is 1. The zero-order valence-corrected chi connectivity index (χ0v) is 8.15. The van der Waals surface area contributed by atoms with Gasteiger partial charge in [0.15, 0.2) is 0 Å². The third-order valence-electron chi connectivity index (χ3n) is 1.39. The molecule has 0 aliphatic carbocycles. The summed E-state index contributed by atoms with van der Waals surface area (Å²) in [7, 11) is 0. The van der Waals surface area contributed by atoms with Crippen LogP contribution >= 0.6 is 15.9 Å². The maximum atomic E-state index is 10.2. The van der Waals surface area contributed by atoms with Gasteiger partial charge in [-0.05, 0) is 23.8 Å². The Kier molecular flexibility index (Phi) is 3.08. The van der Waals surface area contributed by atoms with Gasteiger partial charge >= 0.3 is 5.97 Å². The molecule has 0 bridgehead atoms. The zero-order valence-electron chi connectivity index (χ0n) is 6.57. The van der Waals surface area contributed by atoms with Crippen LogP contribution in [0.15, 0.2) is 28.7 Å². The SMILES string of the molecule is O=C(O)/C=C/c1ccc(O)cc1Br. The first kappa shape index (κ1) is 9.80. The largest absolute Gasteiger partial charge is 0.508 e. The lowest BCUT2D eigenvalue weighted by atomic mass is 10.2. The molecular formula is C9H7BrO3. The van der Waals surface area contributed by atoms with E-state index in [0.29, 0.717) is 10.0 Å². The van der Waals surface area contributed by atoms with Crippen molar-refractivity contribution < 1.29 is 15.0 Å². The van der Waals surface area contributed by atoms with Crippen molar-refractivity contribution in [1.29, 1.82) is 0 Å². The van der Waals surface area contributed by atoms with Gasteiger partial charge in [-0.25, -0.2) is 4.79 Å². The average Bonchev–Trinajstić information content (AvgIpc) is 2.02. The Morgan fingerprint density at radius 2 is 2.15 bits per heavy atom. The molecule has 2 N–H and O–H groups in total. The van der Waals surface area contributed by atoms with Crippen molar-refractivity contribution in [1.82, 2.24) is 0 Å². The lowest BCUT2D eigenvalue weighted by Gasteiger charge is -1.97. The van der Waals surface area contributed by atoms with Gasteiger partial charge < -0.3 is 10.2 Å². The maximum absolute atomic E-state index is 10.2. The van der Waals surface area contributed by atoms with Gasteiger partial charge in [0.1, 0.15) is 5.75 Å². The lowest BCUT2D eigenvalue weighted by Crippen LogP contribution is -1.85. The van der Waals surface area contributed by atoms with E-state index in [-0.39, 0.29) is 5.75 Å². The smallest absolute Gasteiger partial charge is 0.328 e. The van der Waals surface area contributed by atoms with Crippen LogP contribution in [-0.2, 0) is 4.79 Å². The monoisotopic (exact) mass is 242 g/mol. The molecule has 13 heavy (non-hydrogen) atoms. The summed E-state index contributed by atoms with van der Waals surface area (Å²) >= 11 is 3.19. The van der Waals surface area contributed by atoms with Gasteiger partial charge in [-0.1, -0.05) is 22.0 Å². The quantitative estimate of drug-likeness (QED) is 0.783. The highest BCUT2D eigenvalue weighted by atomic mass is 79.9. The fraction of sp³-hybridized carbons (Fsp3) is 0. The summed E-state index contributed by atoms with van der Waals surface area (Å²) in [6.07, 6.45) is 2.49. The summed E-state index contributed by atoms with van der Waals surface area (Å²) < 4.78 is 0.657. The molecule has 0 unspecified atom stereocenters. The summed E-state index contributed by atoms with van der Waals surface area (Å²) in [5.74, 6) is -0.862. The molecule has 4 heteroatoms. The molecule has 1 aromatic rings. The van der Waals surface area contributed by atoms with Crippen molar-refractivity contribution in [2.45, 2.75) is 0 Å². The van der Waals surface area contributed by atoms with Crippen molar-refractivity contribution in [2.24, 2.45) is 0 Å². The highest BCUT2D eigenvalue weighted by Gasteiger charge is 1.97. The summed E-state index contributed by atoms with van der Waals surface area (Å²) in [4.78, 5) is 10.2. The number of hydrogen-bond donors (Lipinski definition) is 2. The molecule has 1 rings (SSSR count). The zero-order chi connectivity index (χ0) is 9.84. The summed E-state index contributed by atoms with van der Waals surface area (Å²) in [6, 6.07) is 4.62. The Balaban J connectivity index is 2.96. The summed E-state index contributed by atoms with van der Waals surface area (Å²) in [6.45, 7) is 0. The molecule has 0 aromatic heterocycles. The van der Waals surface area contributed by atoms with Crippen molar-refractivity contribution in [2.75, 3.05) is 0 Å². The predicted octanol–water partition coefficient (Wildman–Crippen LogP) is 2.25. The van der Waals surface area contributed by atoms with Crippen LogP contribution < -0.4 is 0 Å². The van der Waals surface area contributed by atoms with Crippen LogP contribution in [0.25, 0.3) is 6.08 Å². The molecule has 68 valence electrons. The molecule has 3 nitrogen and oxygen atoms in total. The summed E-state index contributed by atoms with van der Waals surface area (Å²) in [5.41, 5.74) is 0.709. The van der Waals surface area contributed by atoms with E-state index in [0.717, 1.165) is 6.08 Å². The lowest BCUT2D eigenvalue weighted by molar-refractivity contribution is -0.131. The number of carbonyl (C=O) groups is 1. The number of phenolic OH excluding ortho intramolecular Hbond substituents is 1. The fourth-order valence-corrected chi connectivity index (χ4v) is 1.31. The molecule has 0 saturated heterocycles. The van der Waals surface area contributed by atoms with Crippen molar-refractivity contribution in [3.63, 3.8) is 0 Å². The number of rotatable bonds is 2. The van der Waals surface area contributed by atoms with Crippen LogP contribution in [0.1, 0.15) is 5.56 Å². The van der Waals surface area contributed by atoms with Gasteiger partial charge in [0.05, 0.1) is 0 Å². The molecule has 0 spiro atoms. The second-order valence-corrected chi connectivity index (χ2v) is 3.23. The van der Waals surface area contributed by atoms with Crippen LogP contribution in [0.2, 0.25) is 0 Å². The standard InChI is InChI=1S/C9H7BrO3/c10-8-5-7(11)3-1-6(8)2-4-9(12)13/h1-5,11H,(H,12,13)/b4-2+. The van der Waals surface area contributed by atoms with Crippen LogP contribution in [0, 0.1) is 0 Å². The van der Waals surface area contributed by atoms with E-state index >= 15 is 0 Å². The topological polar surface area (TPSA) is 57.5 Å². The van der Waals surface area contributed by atoms with Gasteiger partial charge in [0.25, 0.3) is 0 Å². The minimum absolute atomic E-state index is 0.138. The number of carboxylic acid groups (broad SMARTS) is 1. The summed E-state index contributed by atoms with van der Waals surface area (Å²) in [5, 5.41) is 17.4. The van der Waals surface area contributed by atoms with Crippen molar-refractivity contribution in [3.8, 4) is 5.75 Å². The highest BCUT2D eigenvalue weighted by molar-refractivity contribution is 9.10. The van der Waals surface area contributed by atoms with Crippen LogP contribution in [0.4, 0.5) is 0 Å². The fourth-order valence-electron chi connectivity index (χ4n) is 0.812. The molecule has 0 aliphatic rings. The molecule has 0 heterocycles. The van der Waals surface area contributed by atoms with E-state index in [1.807, 2.05) is 0 Å². The van der Waals surface area contributed by atoms with E-state index < -0.39 is 5.97 Å². The van der Waals surface area contributed by atoms with Crippen LogP contribution in [0.3, 0.4) is 0 Å². The average molecular weight is 243 g/mol. The molecule has 0 aliphatic heterocycles. The second kappa shape index (κ2) is 4.09. The number of hydrogen-bond acceptors (Lipinski definition) is 2.